The maximum Gasteiger partial charge on any atom is 0.255 e. The van der Waals surface area contributed by atoms with Gasteiger partial charge in [0.2, 0.25) is 0 Å². The van der Waals surface area contributed by atoms with Gasteiger partial charge in [0, 0.05) is 23.9 Å². The minimum absolute atomic E-state index is 0.183. The quantitative estimate of drug-likeness (QED) is 0.908. The largest absolute Gasteiger partial charge is 0.355 e. The third-order valence-corrected chi connectivity index (χ3v) is 3.45. The Morgan fingerprint density at radius 2 is 1.59 bits per heavy atom. The summed E-state index contributed by atoms with van der Waals surface area (Å²) in [4.78, 5) is 23.8. The molecule has 22 heavy (non-hydrogen) atoms. The fourth-order valence-electron chi connectivity index (χ4n) is 2.11. The standard InChI is InChI=1S/C18H20N2O2/c1-12(2)13-7-9-14(10-8-13)18(22)20-16-6-4-5-15(11-16)17(21)19-3/h4-12H,1-3H3,(H,19,21)(H,20,22). The summed E-state index contributed by atoms with van der Waals surface area (Å²) in [5.41, 5.74) is 2.89. The molecule has 2 rings (SSSR count). The Labute approximate surface area is 130 Å². The van der Waals surface area contributed by atoms with E-state index in [1.165, 1.54) is 5.56 Å². The SMILES string of the molecule is CNC(=O)c1cccc(NC(=O)c2ccc(C(C)C)cc2)c1. The van der Waals surface area contributed by atoms with Crippen LogP contribution in [0.5, 0.6) is 0 Å². The van der Waals surface area contributed by atoms with Crippen molar-refractivity contribution in [3.63, 3.8) is 0 Å². The zero-order valence-electron chi connectivity index (χ0n) is 13.0. The Morgan fingerprint density at radius 3 is 2.18 bits per heavy atom. The third kappa shape index (κ3) is 3.73. The number of hydrogen-bond donors (Lipinski definition) is 2. The van der Waals surface area contributed by atoms with E-state index in [9.17, 15) is 9.59 Å². The molecule has 0 unspecified atom stereocenters. The van der Waals surface area contributed by atoms with Gasteiger partial charge in [-0.25, -0.2) is 0 Å². The van der Waals surface area contributed by atoms with Gasteiger partial charge in [-0.1, -0.05) is 32.0 Å². The van der Waals surface area contributed by atoms with Gasteiger partial charge >= 0.3 is 0 Å². The fourth-order valence-corrected chi connectivity index (χ4v) is 2.11. The molecule has 2 amide bonds. The van der Waals surface area contributed by atoms with Crippen molar-refractivity contribution < 1.29 is 9.59 Å². The fraction of sp³-hybridized carbons (Fsp3) is 0.222. The summed E-state index contributed by atoms with van der Waals surface area (Å²) >= 11 is 0. The van der Waals surface area contributed by atoms with E-state index < -0.39 is 0 Å². The van der Waals surface area contributed by atoms with Gasteiger partial charge in [0.15, 0.2) is 0 Å². The number of amides is 2. The third-order valence-electron chi connectivity index (χ3n) is 3.45. The monoisotopic (exact) mass is 296 g/mol. The van der Waals surface area contributed by atoms with Gasteiger partial charge in [-0.05, 0) is 41.8 Å². The number of hydrogen-bond acceptors (Lipinski definition) is 2. The number of nitrogens with one attached hydrogen (secondary N) is 2. The molecular weight excluding hydrogens is 276 g/mol. The van der Waals surface area contributed by atoms with Gasteiger partial charge in [-0.3, -0.25) is 9.59 Å². The van der Waals surface area contributed by atoms with Crippen molar-refractivity contribution in [2.75, 3.05) is 12.4 Å². The lowest BCUT2D eigenvalue weighted by molar-refractivity contribution is 0.0961. The Balaban J connectivity index is 2.13. The maximum absolute atomic E-state index is 12.2. The number of carbonyl (C=O) groups is 2. The van der Waals surface area contributed by atoms with Crippen LogP contribution in [-0.4, -0.2) is 18.9 Å². The average Bonchev–Trinajstić information content (AvgIpc) is 2.54. The van der Waals surface area contributed by atoms with Crippen LogP contribution in [-0.2, 0) is 0 Å². The lowest BCUT2D eigenvalue weighted by Gasteiger charge is -2.09. The van der Waals surface area contributed by atoms with E-state index >= 15 is 0 Å². The summed E-state index contributed by atoms with van der Waals surface area (Å²) < 4.78 is 0. The first kappa shape index (κ1) is 15.8. The van der Waals surface area contributed by atoms with Crippen molar-refractivity contribution in [1.29, 1.82) is 0 Å². The maximum atomic E-state index is 12.2. The molecule has 0 radical (unpaired) electrons. The highest BCUT2D eigenvalue weighted by Gasteiger charge is 2.09. The van der Waals surface area contributed by atoms with E-state index in [1.807, 2.05) is 24.3 Å². The highest BCUT2D eigenvalue weighted by Crippen LogP contribution is 2.16. The molecule has 114 valence electrons. The van der Waals surface area contributed by atoms with Gasteiger partial charge in [-0.15, -0.1) is 0 Å². The number of rotatable bonds is 4. The average molecular weight is 296 g/mol. The van der Waals surface area contributed by atoms with Crippen LogP contribution in [0.2, 0.25) is 0 Å². The van der Waals surface area contributed by atoms with Crippen molar-refractivity contribution in [1.82, 2.24) is 5.32 Å². The highest BCUT2D eigenvalue weighted by molar-refractivity contribution is 6.05. The molecule has 0 saturated heterocycles. The van der Waals surface area contributed by atoms with Crippen LogP contribution in [0.3, 0.4) is 0 Å². The molecule has 0 fully saturated rings. The number of anilines is 1. The second-order valence-electron chi connectivity index (χ2n) is 5.39. The van der Waals surface area contributed by atoms with Gasteiger partial charge < -0.3 is 10.6 Å². The minimum Gasteiger partial charge on any atom is -0.355 e. The lowest BCUT2D eigenvalue weighted by atomic mass is 10.0. The molecule has 0 aliphatic rings. The van der Waals surface area contributed by atoms with Crippen LogP contribution in [0.25, 0.3) is 0 Å². The summed E-state index contributed by atoms with van der Waals surface area (Å²) in [6.45, 7) is 4.22. The van der Waals surface area contributed by atoms with Gasteiger partial charge in [0.25, 0.3) is 11.8 Å². The van der Waals surface area contributed by atoms with Gasteiger partial charge in [-0.2, -0.15) is 0 Å². The molecule has 2 aromatic carbocycles. The molecule has 2 aromatic rings. The van der Waals surface area contributed by atoms with E-state index in [2.05, 4.69) is 24.5 Å². The molecule has 0 aliphatic carbocycles. The zero-order valence-corrected chi connectivity index (χ0v) is 13.0. The topological polar surface area (TPSA) is 58.2 Å². The first-order valence-corrected chi connectivity index (χ1v) is 7.24. The molecular formula is C18H20N2O2. The van der Waals surface area contributed by atoms with E-state index in [0.29, 0.717) is 22.7 Å². The minimum atomic E-state index is -0.190. The van der Waals surface area contributed by atoms with E-state index in [1.54, 1.807) is 31.3 Å². The Kier molecular flexibility index (Phi) is 4.94. The van der Waals surface area contributed by atoms with Crippen LogP contribution in [0.4, 0.5) is 5.69 Å². The Morgan fingerprint density at radius 1 is 0.909 bits per heavy atom. The number of carbonyl (C=O) groups excluding carboxylic acids is 2. The van der Waals surface area contributed by atoms with Crippen molar-refractivity contribution >= 4 is 17.5 Å². The predicted octanol–water partition coefficient (Wildman–Crippen LogP) is 3.42. The first-order chi connectivity index (χ1) is 10.5. The second kappa shape index (κ2) is 6.89. The normalized spacial score (nSPS) is 10.4. The summed E-state index contributed by atoms with van der Waals surface area (Å²) in [5.74, 6) is 0.0584. The van der Waals surface area contributed by atoms with E-state index in [4.69, 9.17) is 0 Å². The molecule has 0 aromatic heterocycles. The van der Waals surface area contributed by atoms with Crippen LogP contribution in [0.1, 0.15) is 46.0 Å². The van der Waals surface area contributed by atoms with Crippen molar-refractivity contribution in [2.24, 2.45) is 0 Å². The lowest BCUT2D eigenvalue weighted by Crippen LogP contribution is -2.18. The summed E-state index contributed by atoms with van der Waals surface area (Å²) in [6.07, 6.45) is 0. The molecule has 4 nitrogen and oxygen atoms in total. The molecule has 2 N–H and O–H groups in total. The van der Waals surface area contributed by atoms with E-state index in [-0.39, 0.29) is 11.8 Å². The molecule has 0 aliphatic heterocycles. The molecule has 0 spiro atoms. The van der Waals surface area contributed by atoms with Crippen LogP contribution < -0.4 is 10.6 Å². The summed E-state index contributed by atoms with van der Waals surface area (Å²) in [5, 5.41) is 5.37. The summed E-state index contributed by atoms with van der Waals surface area (Å²) in [6, 6.07) is 14.4. The van der Waals surface area contributed by atoms with Crippen LogP contribution in [0, 0.1) is 0 Å². The molecule has 0 heterocycles. The van der Waals surface area contributed by atoms with E-state index in [0.717, 1.165) is 0 Å². The van der Waals surface area contributed by atoms with Gasteiger partial charge in [0.05, 0.1) is 0 Å². The predicted molar refractivity (Wildman–Crippen MR) is 88.3 cm³/mol. The highest BCUT2D eigenvalue weighted by atomic mass is 16.2. The number of benzene rings is 2. The van der Waals surface area contributed by atoms with Crippen LogP contribution in [0.15, 0.2) is 48.5 Å². The molecule has 4 heteroatoms. The molecule has 0 bridgehead atoms. The molecule has 0 saturated carbocycles. The van der Waals surface area contributed by atoms with Gasteiger partial charge in [0.1, 0.15) is 0 Å². The smallest absolute Gasteiger partial charge is 0.255 e. The Hall–Kier alpha value is -2.62. The van der Waals surface area contributed by atoms with Crippen molar-refractivity contribution in [3.8, 4) is 0 Å². The first-order valence-electron chi connectivity index (χ1n) is 7.24. The molecule has 0 atom stereocenters. The van der Waals surface area contributed by atoms with Crippen LogP contribution >= 0.6 is 0 Å². The van der Waals surface area contributed by atoms with Crippen molar-refractivity contribution in [3.05, 3.63) is 65.2 Å². The Bertz CT molecular complexity index is 676. The zero-order chi connectivity index (χ0) is 16.1. The van der Waals surface area contributed by atoms with Crippen molar-refractivity contribution in [2.45, 2.75) is 19.8 Å². The summed E-state index contributed by atoms with van der Waals surface area (Å²) in [7, 11) is 1.57. The second-order valence-corrected chi connectivity index (χ2v) is 5.39.